The summed E-state index contributed by atoms with van der Waals surface area (Å²) in [7, 11) is 0. The summed E-state index contributed by atoms with van der Waals surface area (Å²) in [5.41, 5.74) is 3.85. The van der Waals surface area contributed by atoms with Gasteiger partial charge in [0.2, 0.25) is 0 Å². The minimum Gasteiger partial charge on any atom is -0.427 e. The predicted octanol–water partition coefficient (Wildman–Crippen LogP) is 6.64. The van der Waals surface area contributed by atoms with Crippen molar-refractivity contribution in [3.8, 4) is 17.0 Å². The van der Waals surface area contributed by atoms with E-state index in [4.69, 9.17) is 9.72 Å². The second-order valence-corrected chi connectivity index (χ2v) is 10.2. The number of pyridine rings is 1. The summed E-state index contributed by atoms with van der Waals surface area (Å²) in [4.78, 5) is 16.9. The van der Waals surface area contributed by atoms with Crippen LogP contribution in [0.2, 0.25) is 0 Å². The Morgan fingerprint density at radius 2 is 1.87 bits per heavy atom. The summed E-state index contributed by atoms with van der Waals surface area (Å²) in [5, 5.41) is 3.76. The van der Waals surface area contributed by atoms with Crippen LogP contribution in [0.25, 0.3) is 16.9 Å². The quantitative estimate of drug-likeness (QED) is 0.343. The average molecular weight is 422 g/mol. The number of carbonyl (C=O) groups is 1. The zero-order valence-corrected chi connectivity index (χ0v) is 19.9. The molecule has 0 aliphatic carbocycles. The Morgan fingerprint density at radius 3 is 2.55 bits per heavy atom. The molecule has 3 rings (SSSR count). The number of nitrogens with one attached hydrogen (secondary N) is 1. The summed E-state index contributed by atoms with van der Waals surface area (Å²) in [6.45, 7) is 15.2. The maximum atomic E-state index is 12.0. The topological polar surface area (TPSA) is 55.6 Å². The molecule has 1 aromatic carbocycles. The molecule has 5 nitrogen and oxygen atoms in total. The highest BCUT2D eigenvalue weighted by molar-refractivity contribution is 5.79. The number of hydrogen-bond acceptors (Lipinski definition) is 4. The van der Waals surface area contributed by atoms with E-state index < -0.39 is 0 Å². The molecule has 0 aliphatic heterocycles. The smallest absolute Gasteiger partial charge is 0.311 e. The van der Waals surface area contributed by atoms with E-state index in [9.17, 15) is 4.79 Å². The highest BCUT2D eigenvalue weighted by Gasteiger charge is 2.28. The molecule has 0 saturated heterocycles. The molecule has 0 atom stereocenters. The maximum Gasteiger partial charge on any atom is 0.311 e. The van der Waals surface area contributed by atoms with Crippen LogP contribution in [-0.2, 0) is 4.79 Å². The fourth-order valence-corrected chi connectivity index (χ4v) is 4.25. The van der Waals surface area contributed by atoms with E-state index in [2.05, 4.69) is 69.6 Å². The number of esters is 1. The van der Waals surface area contributed by atoms with E-state index in [1.54, 1.807) is 0 Å². The lowest BCUT2D eigenvalue weighted by Gasteiger charge is -2.34. The van der Waals surface area contributed by atoms with Gasteiger partial charge in [0, 0.05) is 23.7 Å². The lowest BCUT2D eigenvalue weighted by atomic mass is 9.82. The molecule has 3 aromatic rings. The third kappa shape index (κ3) is 5.87. The molecule has 2 aromatic heterocycles. The molecule has 5 heteroatoms. The molecule has 0 amide bonds. The zero-order valence-electron chi connectivity index (χ0n) is 19.9. The lowest BCUT2D eigenvalue weighted by molar-refractivity contribution is -0.134. The van der Waals surface area contributed by atoms with Crippen LogP contribution >= 0.6 is 0 Å². The van der Waals surface area contributed by atoms with E-state index in [1.807, 2.05) is 31.2 Å². The van der Waals surface area contributed by atoms with Crippen molar-refractivity contribution in [1.82, 2.24) is 9.38 Å². The van der Waals surface area contributed by atoms with Crippen molar-refractivity contribution in [1.29, 1.82) is 0 Å². The molecule has 0 radical (unpaired) electrons. The fourth-order valence-electron chi connectivity index (χ4n) is 4.25. The number of aryl methyl sites for hydroxylation is 1. The van der Waals surface area contributed by atoms with Gasteiger partial charge in [-0.3, -0.25) is 9.20 Å². The number of nitrogens with zero attached hydrogens (tertiary/aromatic N) is 2. The first-order valence-corrected chi connectivity index (χ1v) is 11.1. The molecule has 2 heterocycles. The fraction of sp³-hybridized carbons (Fsp3) is 0.462. The number of carbonyl (C=O) groups excluding carboxylic acids is 1. The predicted molar refractivity (Wildman–Crippen MR) is 128 cm³/mol. The standard InChI is InChI=1S/C26H35N3O2/c1-8-10-22(30)31-20-12-9-11-19(16-20)23-24(28-26(6,7)17-25(3,4)5)29-14-13-18(2)15-21(29)27-23/h9,11-16,28H,8,10,17H2,1-7H3. The number of aromatic nitrogens is 2. The number of imidazole rings is 1. The van der Waals surface area contributed by atoms with Crippen LogP contribution in [-0.4, -0.2) is 20.9 Å². The van der Waals surface area contributed by atoms with Crippen molar-refractivity contribution in [2.24, 2.45) is 5.41 Å². The highest BCUT2D eigenvalue weighted by Crippen LogP contribution is 2.36. The molecule has 0 fully saturated rings. The summed E-state index contributed by atoms with van der Waals surface area (Å²) in [5.74, 6) is 1.28. The first kappa shape index (κ1) is 22.9. The van der Waals surface area contributed by atoms with Gasteiger partial charge < -0.3 is 10.1 Å². The lowest BCUT2D eigenvalue weighted by Crippen LogP contribution is -2.36. The van der Waals surface area contributed by atoms with Crippen LogP contribution in [0.1, 0.15) is 66.4 Å². The Kier molecular flexibility index (Phi) is 6.44. The molecular formula is C26H35N3O2. The summed E-state index contributed by atoms with van der Waals surface area (Å²) >= 11 is 0. The van der Waals surface area contributed by atoms with Gasteiger partial charge in [0.15, 0.2) is 0 Å². The molecule has 0 bridgehead atoms. The number of ether oxygens (including phenoxy) is 1. The molecule has 0 spiro atoms. The van der Waals surface area contributed by atoms with Crippen LogP contribution in [0, 0.1) is 12.3 Å². The van der Waals surface area contributed by atoms with Gasteiger partial charge in [-0.2, -0.15) is 0 Å². The van der Waals surface area contributed by atoms with Gasteiger partial charge in [-0.25, -0.2) is 4.98 Å². The maximum absolute atomic E-state index is 12.0. The minimum atomic E-state index is -0.213. The van der Waals surface area contributed by atoms with Crippen LogP contribution in [0.5, 0.6) is 5.75 Å². The summed E-state index contributed by atoms with van der Waals surface area (Å²) < 4.78 is 7.62. The van der Waals surface area contributed by atoms with E-state index in [0.29, 0.717) is 12.2 Å². The first-order valence-electron chi connectivity index (χ1n) is 11.1. The Balaban J connectivity index is 2.06. The molecule has 166 valence electrons. The van der Waals surface area contributed by atoms with Gasteiger partial charge in [-0.1, -0.05) is 39.8 Å². The third-order valence-electron chi connectivity index (χ3n) is 5.00. The second kappa shape index (κ2) is 8.74. The van der Waals surface area contributed by atoms with Gasteiger partial charge in [0.05, 0.1) is 0 Å². The number of hydrogen-bond donors (Lipinski definition) is 1. The molecule has 1 N–H and O–H groups in total. The van der Waals surface area contributed by atoms with E-state index in [-0.39, 0.29) is 16.9 Å². The van der Waals surface area contributed by atoms with Crippen LogP contribution in [0.3, 0.4) is 0 Å². The zero-order chi connectivity index (χ0) is 22.8. The third-order valence-corrected chi connectivity index (χ3v) is 5.00. The van der Waals surface area contributed by atoms with Crippen molar-refractivity contribution >= 4 is 17.4 Å². The van der Waals surface area contributed by atoms with Crippen molar-refractivity contribution in [2.45, 2.75) is 73.3 Å². The Morgan fingerprint density at radius 1 is 1.13 bits per heavy atom. The minimum absolute atomic E-state index is 0.140. The normalized spacial score (nSPS) is 12.2. The van der Waals surface area contributed by atoms with Gasteiger partial charge in [-0.15, -0.1) is 0 Å². The Labute approximate surface area is 185 Å². The molecule has 0 unspecified atom stereocenters. The number of fused-ring (bicyclic) bond motifs is 1. The average Bonchev–Trinajstić information content (AvgIpc) is 2.97. The Hall–Kier alpha value is -2.82. The van der Waals surface area contributed by atoms with Gasteiger partial charge in [0.1, 0.15) is 22.9 Å². The van der Waals surface area contributed by atoms with Crippen molar-refractivity contribution < 1.29 is 9.53 Å². The van der Waals surface area contributed by atoms with E-state index in [1.165, 1.54) is 0 Å². The largest absolute Gasteiger partial charge is 0.427 e. The van der Waals surface area contributed by atoms with E-state index >= 15 is 0 Å². The van der Waals surface area contributed by atoms with Crippen molar-refractivity contribution in [3.63, 3.8) is 0 Å². The van der Waals surface area contributed by atoms with Gasteiger partial charge in [0.25, 0.3) is 0 Å². The molecule has 31 heavy (non-hydrogen) atoms. The van der Waals surface area contributed by atoms with Crippen LogP contribution in [0.15, 0.2) is 42.6 Å². The monoisotopic (exact) mass is 421 g/mol. The Bertz CT molecular complexity index is 1070. The first-order chi connectivity index (χ1) is 14.5. The highest BCUT2D eigenvalue weighted by atomic mass is 16.5. The number of anilines is 1. The van der Waals surface area contributed by atoms with Crippen LogP contribution in [0.4, 0.5) is 5.82 Å². The summed E-state index contributed by atoms with van der Waals surface area (Å²) in [6.07, 6.45) is 4.22. The SMILES string of the molecule is CCCC(=O)Oc1cccc(-c2nc3cc(C)ccn3c2NC(C)(C)CC(C)(C)C)c1. The van der Waals surface area contributed by atoms with Crippen molar-refractivity contribution in [3.05, 3.63) is 48.2 Å². The van der Waals surface area contributed by atoms with Crippen LogP contribution < -0.4 is 10.1 Å². The van der Waals surface area contributed by atoms with Gasteiger partial charge in [-0.05, 0) is 68.9 Å². The van der Waals surface area contributed by atoms with Gasteiger partial charge >= 0.3 is 5.97 Å². The number of benzene rings is 1. The van der Waals surface area contributed by atoms with Crippen molar-refractivity contribution in [2.75, 3.05) is 5.32 Å². The van der Waals surface area contributed by atoms with E-state index in [0.717, 1.165) is 41.1 Å². The molecule has 0 saturated carbocycles. The molecule has 0 aliphatic rings. The number of rotatable bonds is 7. The molecular weight excluding hydrogens is 386 g/mol. The summed E-state index contributed by atoms with van der Waals surface area (Å²) in [6, 6.07) is 11.8. The second-order valence-electron chi connectivity index (χ2n) is 10.2.